The lowest BCUT2D eigenvalue weighted by Crippen LogP contribution is -2.24. The number of nitrogens with one attached hydrogen (secondary N) is 1. The highest BCUT2D eigenvalue weighted by atomic mass is 15.2. The van der Waals surface area contributed by atoms with Gasteiger partial charge in [0.15, 0.2) is 0 Å². The predicted octanol–water partition coefficient (Wildman–Crippen LogP) is 1.97. The first-order valence-corrected chi connectivity index (χ1v) is 6.12. The fourth-order valence-corrected chi connectivity index (χ4v) is 1.63. The summed E-state index contributed by atoms with van der Waals surface area (Å²) in [7, 11) is 2.02. The van der Waals surface area contributed by atoms with E-state index in [9.17, 15) is 0 Å². The number of nitrogens with two attached hydrogens (primary N) is 1. The third kappa shape index (κ3) is 4.46. The van der Waals surface area contributed by atoms with Crippen LogP contribution in [0.1, 0.15) is 27.2 Å². The minimum atomic E-state index is 0.316. The SMILES string of the molecule is CCCNc1cc(N(C)CC(C)C)nc(N)n1. The molecule has 96 valence electrons. The van der Waals surface area contributed by atoms with Crippen molar-refractivity contribution in [2.45, 2.75) is 27.2 Å². The first-order chi connectivity index (χ1) is 8.02. The van der Waals surface area contributed by atoms with Crippen molar-refractivity contribution in [2.24, 2.45) is 5.92 Å². The molecule has 5 heteroatoms. The number of nitrogens with zero attached hydrogens (tertiary/aromatic N) is 3. The van der Waals surface area contributed by atoms with Gasteiger partial charge in [-0.2, -0.15) is 9.97 Å². The van der Waals surface area contributed by atoms with Crippen molar-refractivity contribution >= 4 is 17.6 Å². The highest BCUT2D eigenvalue weighted by Gasteiger charge is 2.08. The Morgan fingerprint density at radius 2 is 2.12 bits per heavy atom. The number of hydrogen-bond donors (Lipinski definition) is 2. The van der Waals surface area contributed by atoms with Crippen molar-refractivity contribution in [3.8, 4) is 0 Å². The zero-order chi connectivity index (χ0) is 12.8. The Labute approximate surface area is 103 Å². The molecule has 5 nitrogen and oxygen atoms in total. The molecule has 0 saturated heterocycles. The standard InChI is InChI=1S/C12H23N5/c1-5-6-14-10-7-11(16-12(13)15-10)17(4)8-9(2)3/h7,9H,5-6,8H2,1-4H3,(H3,13,14,15,16). The predicted molar refractivity (Wildman–Crippen MR) is 73.3 cm³/mol. The second-order valence-corrected chi connectivity index (χ2v) is 4.67. The quantitative estimate of drug-likeness (QED) is 0.792. The van der Waals surface area contributed by atoms with Crippen molar-refractivity contribution in [1.29, 1.82) is 0 Å². The molecule has 0 bridgehead atoms. The van der Waals surface area contributed by atoms with Crippen molar-refractivity contribution in [2.75, 3.05) is 36.1 Å². The first kappa shape index (κ1) is 13.5. The summed E-state index contributed by atoms with van der Waals surface area (Å²) >= 11 is 0. The highest BCUT2D eigenvalue weighted by Crippen LogP contribution is 2.16. The van der Waals surface area contributed by atoms with E-state index in [1.54, 1.807) is 0 Å². The van der Waals surface area contributed by atoms with Crippen LogP contribution in [0, 0.1) is 5.92 Å². The summed E-state index contributed by atoms with van der Waals surface area (Å²) in [6.45, 7) is 8.31. The molecular weight excluding hydrogens is 214 g/mol. The molecule has 0 saturated carbocycles. The van der Waals surface area contributed by atoms with E-state index in [0.717, 1.165) is 31.1 Å². The van der Waals surface area contributed by atoms with Crippen molar-refractivity contribution in [3.05, 3.63) is 6.07 Å². The molecule has 0 radical (unpaired) electrons. The van der Waals surface area contributed by atoms with E-state index in [2.05, 4.69) is 41.0 Å². The minimum absolute atomic E-state index is 0.316. The summed E-state index contributed by atoms with van der Waals surface area (Å²) in [6, 6.07) is 1.94. The Morgan fingerprint density at radius 3 is 2.71 bits per heavy atom. The lowest BCUT2D eigenvalue weighted by molar-refractivity contribution is 0.634. The van der Waals surface area contributed by atoms with Crippen molar-refractivity contribution in [1.82, 2.24) is 9.97 Å². The second kappa shape index (κ2) is 6.27. The molecule has 0 aromatic carbocycles. The molecule has 17 heavy (non-hydrogen) atoms. The summed E-state index contributed by atoms with van der Waals surface area (Å²) in [6.07, 6.45) is 1.06. The van der Waals surface area contributed by atoms with Crippen LogP contribution >= 0.6 is 0 Å². The first-order valence-electron chi connectivity index (χ1n) is 6.12. The molecule has 1 aromatic heterocycles. The van der Waals surface area contributed by atoms with Gasteiger partial charge >= 0.3 is 0 Å². The Balaban J connectivity index is 2.80. The molecule has 1 aromatic rings. The van der Waals surface area contributed by atoms with Gasteiger partial charge in [0, 0.05) is 26.2 Å². The summed E-state index contributed by atoms with van der Waals surface area (Å²) < 4.78 is 0. The Hall–Kier alpha value is -1.52. The molecule has 0 amide bonds. The molecule has 1 rings (SSSR count). The fourth-order valence-electron chi connectivity index (χ4n) is 1.63. The van der Waals surface area contributed by atoms with E-state index in [1.807, 2.05) is 13.1 Å². The van der Waals surface area contributed by atoms with E-state index in [-0.39, 0.29) is 0 Å². The van der Waals surface area contributed by atoms with E-state index >= 15 is 0 Å². The normalized spacial score (nSPS) is 10.6. The summed E-state index contributed by atoms with van der Waals surface area (Å²) in [5.74, 6) is 2.56. The van der Waals surface area contributed by atoms with Crippen molar-refractivity contribution < 1.29 is 0 Å². The minimum Gasteiger partial charge on any atom is -0.370 e. The van der Waals surface area contributed by atoms with Crippen LogP contribution in [-0.2, 0) is 0 Å². The average Bonchev–Trinajstić information content (AvgIpc) is 2.24. The van der Waals surface area contributed by atoms with Gasteiger partial charge in [0.05, 0.1) is 0 Å². The summed E-state index contributed by atoms with van der Waals surface area (Å²) in [5.41, 5.74) is 5.71. The summed E-state index contributed by atoms with van der Waals surface area (Å²) in [4.78, 5) is 10.5. The van der Waals surface area contributed by atoms with E-state index in [0.29, 0.717) is 11.9 Å². The third-order valence-corrected chi connectivity index (χ3v) is 2.32. The maximum atomic E-state index is 5.71. The Kier molecular flexibility index (Phi) is 5.00. The number of rotatable bonds is 6. The number of anilines is 3. The van der Waals surface area contributed by atoms with Gasteiger partial charge in [-0.1, -0.05) is 20.8 Å². The van der Waals surface area contributed by atoms with Gasteiger partial charge < -0.3 is 16.0 Å². The van der Waals surface area contributed by atoms with Gasteiger partial charge in [0.25, 0.3) is 0 Å². The van der Waals surface area contributed by atoms with Crippen LogP contribution in [0.4, 0.5) is 17.6 Å². The summed E-state index contributed by atoms with van der Waals surface area (Å²) in [5, 5.41) is 3.23. The largest absolute Gasteiger partial charge is 0.370 e. The maximum absolute atomic E-state index is 5.71. The molecule has 0 aliphatic carbocycles. The number of hydrogen-bond acceptors (Lipinski definition) is 5. The van der Waals surface area contributed by atoms with Crippen LogP contribution in [0.2, 0.25) is 0 Å². The van der Waals surface area contributed by atoms with E-state index in [1.165, 1.54) is 0 Å². The van der Waals surface area contributed by atoms with E-state index < -0.39 is 0 Å². The zero-order valence-corrected chi connectivity index (χ0v) is 11.2. The number of nitrogen functional groups attached to an aromatic ring is 1. The average molecular weight is 237 g/mol. The maximum Gasteiger partial charge on any atom is 0.223 e. The van der Waals surface area contributed by atoms with Gasteiger partial charge in [0.1, 0.15) is 11.6 Å². The topological polar surface area (TPSA) is 67.1 Å². The fraction of sp³-hybridized carbons (Fsp3) is 0.667. The van der Waals surface area contributed by atoms with Crippen molar-refractivity contribution in [3.63, 3.8) is 0 Å². The van der Waals surface area contributed by atoms with Crippen LogP contribution in [0.3, 0.4) is 0 Å². The van der Waals surface area contributed by atoms with Gasteiger partial charge in [-0.25, -0.2) is 0 Å². The molecule has 0 atom stereocenters. The Bertz CT molecular complexity index is 351. The molecule has 0 unspecified atom stereocenters. The van der Waals surface area contributed by atoms with Gasteiger partial charge in [-0.15, -0.1) is 0 Å². The molecule has 0 aliphatic rings. The lowest BCUT2D eigenvalue weighted by Gasteiger charge is -2.21. The highest BCUT2D eigenvalue weighted by molar-refractivity contribution is 5.52. The van der Waals surface area contributed by atoms with E-state index in [4.69, 9.17) is 5.73 Å². The molecular formula is C12H23N5. The molecule has 0 fully saturated rings. The van der Waals surface area contributed by atoms with Crippen LogP contribution in [0.5, 0.6) is 0 Å². The van der Waals surface area contributed by atoms with Gasteiger partial charge in [0.2, 0.25) is 5.95 Å². The van der Waals surface area contributed by atoms with Crippen LogP contribution in [-0.4, -0.2) is 30.1 Å². The van der Waals surface area contributed by atoms with Gasteiger partial charge in [-0.3, -0.25) is 0 Å². The molecule has 1 heterocycles. The zero-order valence-electron chi connectivity index (χ0n) is 11.2. The molecule has 0 aliphatic heterocycles. The monoisotopic (exact) mass is 237 g/mol. The van der Waals surface area contributed by atoms with Gasteiger partial charge in [-0.05, 0) is 12.3 Å². The molecule has 3 N–H and O–H groups in total. The third-order valence-electron chi connectivity index (χ3n) is 2.32. The lowest BCUT2D eigenvalue weighted by atomic mass is 10.2. The van der Waals surface area contributed by atoms with Crippen LogP contribution in [0.15, 0.2) is 6.07 Å². The Morgan fingerprint density at radius 1 is 1.41 bits per heavy atom. The van der Waals surface area contributed by atoms with Crippen LogP contribution in [0.25, 0.3) is 0 Å². The second-order valence-electron chi connectivity index (χ2n) is 4.67. The molecule has 0 spiro atoms. The smallest absolute Gasteiger partial charge is 0.223 e. The van der Waals surface area contributed by atoms with Crippen LogP contribution < -0.4 is 16.0 Å². The number of aromatic nitrogens is 2.